The van der Waals surface area contributed by atoms with Crippen LogP contribution in [0.15, 0.2) is 39.5 Å². The average molecular weight is 343 g/mol. The molecule has 6 nitrogen and oxygen atoms in total. The van der Waals surface area contributed by atoms with Gasteiger partial charge < -0.3 is 14.4 Å². The Bertz CT molecular complexity index is 881. The van der Waals surface area contributed by atoms with Crippen LogP contribution >= 0.6 is 0 Å². The molecule has 1 amide bonds. The highest BCUT2D eigenvalue weighted by Crippen LogP contribution is 2.26. The number of nitrogens with one attached hydrogen (secondary N) is 1. The van der Waals surface area contributed by atoms with Crippen LogP contribution in [0.25, 0.3) is 11.3 Å². The first kappa shape index (κ1) is 16.9. The summed E-state index contributed by atoms with van der Waals surface area (Å²) in [6.45, 7) is 6.05. The van der Waals surface area contributed by atoms with Crippen molar-refractivity contribution >= 4 is 5.91 Å². The Morgan fingerprint density at radius 3 is 2.72 bits per heavy atom. The molecule has 2 aromatic heterocycles. The highest BCUT2D eigenvalue weighted by molar-refractivity contribution is 5.99. The van der Waals surface area contributed by atoms with Gasteiger partial charge in [-0.3, -0.25) is 4.79 Å². The normalized spacial score (nSPS) is 12.2. The first-order valence-electron chi connectivity index (χ1n) is 7.89. The lowest BCUT2D eigenvalue weighted by atomic mass is 9.99. The molecule has 1 atom stereocenters. The molecule has 0 saturated carbocycles. The van der Waals surface area contributed by atoms with Crippen molar-refractivity contribution < 1.29 is 18.2 Å². The number of aryl methyl sites for hydroxylation is 2. The molecule has 0 spiro atoms. The number of benzene rings is 1. The van der Waals surface area contributed by atoms with Gasteiger partial charge in [-0.15, -0.1) is 0 Å². The predicted octanol–water partition coefficient (Wildman–Crippen LogP) is 3.62. The molecule has 7 heteroatoms. The predicted molar refractivity (Wildman–Crippen MR) is 88.6 cm³/mol. The number of aromatic nitrogens is 2. The van der Waals surface area contributed by atoms with Gasteiger partial charge in [0.15, 0.2) is 5.76 Å². The molecule has 0 radical (unpaired) electrons. The molecule has 130 valence electrons. The van der Waals surface area contributed by atoms with Crippen LogP contribution in [0.1, 0.15) is 40.2 Å². The molecule has 0 bridgehead atoms. The number of hydrogen-bond acceptors (Lipinski definition) is 5. The fourth-order valence-electron chi connectivity index (χ4n) is 2.88. The third-order valence-electron chi connectivity index (χ3n) is 4.08. The topological polar surface area (TPSA) is 81.2 Å². The number of halogens is 1. The summed E-state index contributed by atoms with van der Waals surface area (Å²) in [5.74, 6) is 0.0133. The quantitative estimate of drug-likeness (QED) is 0.765. The van der Waals surface area contributed by atoms with Gasteiger partial charge in [-0.1, -0.05) is 29.4 Å². The molecule has 0 unspecified atom stereocenters. The summed E-state index contributed by atoms with van der Waals surface area (Å²) in [5, 5.41) is 10.4. The van der Waals surface area contributed by atoms with Gasteiger partial charge in [-0.05, 0) is 26.0 Å². The maximum absolute atomic E-state index is 13.9. The fraction of sp³-hybridized carbons (Fsp3) is 0.278. The molecule has 1 N–H and O–H groups in total. The van der Waals surface area contributed by atoms with Crippen LogP contribution in [0.2, 0.25) is 0 Å². The van der Waals surface area contributed by atoms with Gasteiger partial charge in [0.1, 0.15) is 17.1 Å². The van der Waals surface area contributed by atoms with Gasteiger partial charge in [0.05, 0.1) is 17.5 Å². The zero-order valence-electron chi connectivity index (χ0n) is 14.2. The molecule has 0 aliphatic rings. The van der Waals surface area contributed by atoms with E-state index in [1.54, 1.807) is 18.2 Å². The molecule has 0 aliphatic carbocycles. The minimum Gasteiger partial charge on any atom is -0.361 e. The third-order valence-corrected chi connectivity index (χ3v) is 4.08. The summed E-state index contributed by atoms with van der Waals surface area (Å²) in [4.78, 5) is 12.5. The van der Waals surface area contributed by atoms with E-state index in [0.717, 1.165) is 17.0 Å². The first-order valence-corrected chi connectivity index (χ1v) is 7.89. The van der Waals surface area contributed by atoms with E-state index in [0.29, 0.717) is 6.54 Å². The monoisotopic (exact) mass is 343 g/mol. The molecule has 2 heterocycles. The minimum atomic E-state index is -0.475. The highest BCUT2D eigenvalue weighted by Gasteiger charge is 2.22. The van der Waals surface area contributed by atoms with E-state index < -0.39 is 5.82 Å². The lowest BCUT2D eigenvalue weighted by molar-refractivity contribution is 0.0951. The van der Waals surface area contributed by atoms with Crippen LogP contribution in [0.4, 0.5) is 4.39 Å². The Labute approximate surface area is 144 Å². The van der Waals surface area contributed by atoms with Crippen LogP contribution in [-0.4, -0.2) is 22.8 Å². The number of rotatable bonds is 5. The Hall–Kier alpha value is -2.96. The van der Waals surface area contributed by atoms with Crippen molar-refractivity contribution in [1.82, 2.24) is 15.6 Å². The molecule has 1 aromatic carbocycles. The van der Waals surface area contributed by atoms with E-state index in [4.69, 9.17) is 9.05 Å². The maximum atomic E-state index is 13.9. The summed E-state index contributed by atoms with van der Waals surface area (Å²) in [6, 6.07) is 6.08. The average Bonchev–Trinajstić information content (AvgIpc) is 3.20. The number of carbonyl (C=O) groups is 1. The smallest absolute Gasteiger partial charge is 0.256 e. The summed E-state index contributed by atoms with van der Waals surface area (Å²) in [7, 11) is 0. The van der Waals surface area contributed by atoms with Crippen molar-refractivity contribution in [3.8, 4) is 11.3 Å². The van der Waals surface area contributed by atoms with Crippen LogP contribution in [0, 0.1) is 19.7 Å². The van der Waals surface area contributed by atoms with Gasteiger partial charge in [0.25, 0.3) is 5.91 Å². The second-order valence-electron chi connectivity index (χ2n) is 5.90. The number of amides is 1. The Balaban J connectivity index is 1.75. The second-order valence-corrected chi connectivity index (χ2v) is 5.90. The van der Waals surface area contributed by atoms with Gasteiger partial charge in [-0.25, -0.2) is 4.39 Å². The first-order chi connectivity index (χ1) is 12.0. The van der Waals surface area contributed by atoms with E-state index >= 15 is 0 Å². The number of carbonyl (C=O) groups excluding carboxylic acids is 1. The molecule has 25 heavy (non-hydrogen) atoms. The van der Waals surface area contributed by atoms with E-state index in [1.165, 1.54) is 12.3 Å². The van der Waals surface area contributed by atoms with Crippen molar-refractivity contribution in [1.29, 1.82) is 0 Å². The molecule has 0 fully saturated rings. The van der Waals surface area contributed by atoms with Crippen molar-refractivity contribution in [3.63, 3.8) is 0 Å². The van der Waals surface area contributed by atoms with E-state index in [1.807, 2.05) is 20.8 Å². The summed E-state index contributed by atoms with van der Waals surface area (Å²) >= 11 is 0. The SMILES string of the molecule is Cc1noc(C)c1[C@H](C)CNC(=O)c1cnoc1-c1ccccc1F. The van der Waals surface area contributed by atoms with Gasteiger partial charge >= 0.3 is 0 Å². The molecule has 3 rings (SSSR count). The minimum absolute atomic E-state index is 0.0203. The van der Waals surface area contributed by atoms with Gasteiger partial charge in [0.2, 0.25) is 0 Å². The van der Waals surface area contributed by atoms with Crippen molar-refractivity contribution in [3.05, 3.63) is 58.9 Å². The molecular formula is C18H18FN3O3. The Morgan fingerprint density at radius 1 is 1.28 bits per heavy atom. The molecule has 0 aliphatic heterocycles. The van der Waals surface area contributed by atoms with Crippen molar-refractivity contribution in [2.75, 3.05) is 6.54 Å². The van der Waals surface area contributed by atoms with Crippen LogP contribution in [-0.2, 0) is 0 Å². The summed E-state index contributed by atoms with van der Waals surface area (Å²) in [5.41, 5.74) is 2.16. The van der Waals surface area contributed by atoms with Crippen LogP contribution in [0.3, 0.4) is 0 Å². The largest absolute Gasteiger partial charge is 0.361 e. The lowest BCUT2D eigenvalue weighted by Crippen LogP contribution is -2.28. The second kappa shape index (κ2) is 6.88. The van der Waals surface area contributed by atoms with Crippen molar-refractivity contribution in [2.45, 2.75) is 26.7 Å². The summed E-state index contributed by atoms with van der Waals surface area (Å²) < 4.78 is 24.2. The van der Waals surface area contributed by atoms with E-state index in [2.05, 4.69) is 15.6 Å². The fourth-order valence-corrected chi connectivity index (χ4v) is 2.88. The van der Waals surface area contributed by atoms with Crippen molar-refractivity contribution in [2.24, 2.45) is 0 Å². The number of nitrogens with zero attached hydrogens (tertiary/aromatic N) is 2. The zero-order chi connectivity index (χ0) is 18.0. The molecule has 3 aromatic rings. The standard InChI is InChI=1S/C18H18FN3O3/c1-10(16-11(2)22-24-12(16)3)8-20-18(23)14-9-21-25-17(14)13-6-4-5-7-15(13)19/h4-7,9-10H,8H2,1-3H3,(H,20,23)/t10-/m1/s1. The Kier molecular flexibility index (Phi) is 4.65. The van der Waals surface area contributed by atoms with E-state index in [9.17, 15) is 9.18 Å². The molecular weight excluding hydrogens is 325 g/mol. The van der Waals surface area contributed by atoms with Gasteiger partial charge in [-0.2, -0.15) is 0 Å². The number of hydrogen-bond donors (Lipinski definition) is 1. The van der Waals surface area contributed by atoms with Crippen LogP contribution < -0.4 is 5.32 Å². The van der Waals surface area contributed by atoms with E-state index in [-0.39, 0.29) is 28.7 Å². The summed E-state index contributed by atoms with van der Waals surface area (Å²) in [6.07, 6.45) is 1.29. The lowest BCUT2D eigenvalue weighted by Gasteiger charge is -2.12. The van der Waals surface area contributed by atoms with Crippen LogP contribution in [0.5, 0.6) is 0 Å². The zero-order valence-corrected chi connectivity index (χ0v) is 14.2. The maximum Gasteiger partial charge on any atom is 0.256 e. The van der Waals surface area contributed by atoms with Gasteiger partial charge in [0, 0.05) is 18.0 Å². The molecule has 0 saturated heterocycles. The third kappa shape index (κ3) is 3.31. The Morgan fingerprint density at radius 2 is 2.04 bits per heavy atom. The highest BCUT2D eigenvalue weighted by atomic mass is 19.1.